The van der Waals surface area contributed by atoms with Crippen molar-refractivity contribution in [1.82, 2.24) is 4.57 Å². The van der Waals surface area contributed by atoms with Crippen LogP contribution in [0, 0.1) is 34.3 Å². The molecule has 0 bridgehead atoms. The van der Waals surface area contributed by atoms with Gasteiger partial charge in [0.25, 0.3) is 11.2 Å². The lowest BCUT2D eigenvalue weighted by molar-refractivity contribution is -0.384. The number of aromatic nitrogens is 1. The zero-order chi connectivity index (χ0) is 19.4. The smallest absolute Gasteiger partial charge is 0.271 e. The molecule has 0 aliphatic heterocycles. The Bertz CT molecular complexity index is 967. The largest absolute Gasteiger partial charge is 0.494 e. The van der Waals surface area contributed by atoms with Gasteiger partial charge in [-0.3, -0.25) is 24.5 Å². The van der Waals surface area contributed by atoms with Gasteiger partial charge in [0.2, 0.25) is 5.88 Å². The number of nitriles is 1. The molecule has 0 atom stereocenters. The zero-order valence-corrected chi connectivity index (χ0v) is 14.6. The van der Waals surface area contributed by atoms with Crippen LogP contribution in [0.2, 0.25) is 0 Å². The number of pyridine rings is 1. The summed E-state index contributed by atoms with van der Waals surface area (Å²) in [5.74, 6) is -0.168. The average Bonchev–Trinajstić information content (AvgIpc) is 2.59. The fraction of sp³-hybridized carbons (Fsp3) is 0.278. The first-order chi connectivity index (χ1) is 12.3. The summed E-state index contributed by atoms with van der Waals surface area (Å²) in [6.45, 7) is 5.61. The van der Waals surface area contributed by atoms with Crippen molar-refractivity contribution in [2.45, 2.75) is 27.3 Å². The van der Waals surface area contributed by atoms with Crippen molar-refractivity contribution in [3.05, 3.63) is 61.4 Å². The summed E-state index contributed by atoms with van der Waals surface area (Å²) in [5, 5.41) is 30.5. The van der Waals surface area contributed by atoms with Crippen molar-refractivity contribution in [2.75, 3.05) is 0 Å². The lowest BCUT2D eigenvalue weighted by Gasteiger charge is -2.15. The van der Waals surface area contributed by atoms with Gasteiger partial charge in [-0.2, -0.15) is 5.26 Å². The number of nitro benzene ring substituents is 1. The van der Waals surface area contributed by atoms with Gasteiger partial charge in [0, 0.05) is 24.9 Å². The van der Waals surface area contributed by atoms with Crippen molar-refractivity contribution < 1.29 is 10.0 Å². The summed E-state index contributed by atoms with van der Waals surface area (Å²) in [7, 11) is 0. The van der Waals surface area contributed by atoms with E-state index in [9.17, 15) is 25.3 Å². The molecule has 8 nitrogen and oxygen atoms in total. The number of benzene rings is 1. The quantitative estimate of drug-likeness (QED) is 0.502. The molecule has 0 spiro atoms. The Kier molecular flexibility index (Phi) is 5.52. The van der Waals surface area contributed by atoms with E-state index < -0.39 is 10.5 Å². The molecule has 0 radical (unpaired) electrons. The zero-order valence-electron chi connectivity index (χ0n) is 14.6. The van der Waals surface area contributed by atoms with Crippen LogP contribution >= 0.6 is 0 Å². The number of nitrogens with zero attached hydrogens (tertiary/aromatic N) is 4. The standard InChI is InChI=1S/C18H18N4O4/c1-11(2)10-21-17(23)15(8-19)12(3)16(18(21)24)9-20-13-4-6-14(7-5-13)22(25)26/h4-7,9,11,24H,10H2,1-3H3. The molecule has 1 aromatic carbocycles. The summed E-state index contributed by atoms with van der Waals surface area (Å²) in [5.41, 5.74) is 0.396. The fourth-order valence-electron chi connectivity index (χ4n) is 2.46. The number of rotatable bonds is 5. The molecule has 0 aliphatic carbocycles. The maximum atomic E-state index is 12.4. The van der Waals surface area contributed by atoms with Crippen molar-refractivity contribution in [2.24, 2.45) is 10.9 Å². The van der Waals surface area contributed by atoms with E-state index in [4.69, 9.17) is 0 Å². The SMILES string of the molecule is Cc1c(C=Nc2ccc([N+](=O)[O-])cc2)c(O)n(CC(C)C)c(=O)c1C#N. The molecule has 2 rings (SSSR count). The lowest BCUT2D eigenvalue weighted by atomic mass is 10.1. The second kappa shape index (κ2) is 7.61. The fourth-order valence-corrected chi connectivity index (χ4v) is 2.46. The maximum Gasteiger partial charge on any atom is 0.271 e. The molecule has 8 heteroatoms. The summed E-state index contributed by atoms with van der Waals surface area (Å²) in [6.07, 6.45) is 1.35. The molecule has 1 heterocycles. The molecule has 0 unspecified atom stereocenters. The molecule has 0 aliphatic rings. The van der Waals surface area contributed by atoms with Crippen LogP contribution < -0.4 is 5.56 Å². The van der Waals surface area contributed by atoms with E-state index >= 15 is 0 Å². The van der Waals surface area contributed by atoms with Crippen molar-refractivity contribution in [1.29, 1.82) is 5.26 Å². The highest BCUT2D eigenvalue weighted by Gasteiger charge is 2.18. The molecular formula is C18H18N4O4. The third-order valence-corrected chi connectivity index (χ3v) is 3.80. The topological polar surface area (TPSA) is 122 Å². The molecular weight excluding hydrogens is 336 g/mol. The molecule has 1 N–H and O–H groups in total. The van der Waals surface area contributed by atoms with Crippen LogP contribution in [0.1, 0.15) is 30.5 Å². The second-order valence-electron chi connectivity index (χ2n) is 6.19. The predicted octanol–water partition coefficient (Wildman–Crippen LogP) is 3.05. The Morgan fingerprint density at radius 3 is 2.50 bits per heavy atom. The van der Waals surface area contributed by atoms with Gasteiger partial charge in [-0.15, -0.1) is 0 Å². The Balaban J connectivity index is 2.53. The number of aliphatic imine (C=N–C) groups is 1. The molecule has 0 saturated carbocycles. The molecule has 0 amide bonds. The minimum Gasteiger partial charge on any atom is -0.494 e. The summed E-state index contributed by atoms with van der Waals surface area (Å²) < 4.78 is 1.16. The van der Waals surface area contributed by atoms with Gasteiger partial charge in [0.05, 0.1) is 16.2 Å². The molecule has 26 heavy (non-hydrogen) atoms. The minimum absolute atomic E-state index is 0.0476. The lowest BCUT2D eigenvalue weighted by Crippen LogP contribution is -2.27. The molecule has 134 valence electrons. The van der Waals surface area contributed by atoms with E-state index in [0.29, 0.717) is 11.3 Å². The number of non-ortho nitro benzene ring substituents is 1. The van der Waals surface area contributed by atoms with Crippen LogP contribution in [0.3, 0.4) is 0 Å². The van der Waals surface area contributed by atoms with Gasteiger partial charge in [0.1, 0.15) is 11.6 Å². The van der Waals surface area contributed by atoms with Crippen LogP contribution in [0.25, 0.3) is 0 Å². The molecule has 0 saturated heterocycles. The van der Waals surface area contributed by atoms with E-state index in [1.54, 1.807) is 6.92 Å². The Morgan fingerprint density at radius 2 is 2.00 bits per heavy atom. The Morgan fingerprint density at radius 1 is 1.38 bits per heavy atom. The van der Waals surface area contributed by atoms with Crippen molar-refractivity contribution in [3.63, 3.8) is 0 Å². The number of hydrogen-bond acceptors (Lipinski definition) is 6. The summed E-state index contributed by atoms with van der Waals surface area (Å²) in [6, 6.07) is 7.46. The highest BCUT2D eigenvalue weighted by atomic mass is 16.6. The van der Waals surface area contributed by atoms with E-state index in [0.717, 1.165) is 4.57 Å². The van der Waals surface area contributed by atoms with E-state index in [-0.39, 0.29) is 35.2 Å². The van der Waals surface area contributed by atoms with Crippen LogP contribution in [0.4, 0.5) is 11.4 Å². The van der Waals surface area contributed by atoms with Crippen LogP contribution in [0.15, 0.2) is 34.1 Å². The van der Waals surface area contributed by atoms with Crippen molar-refractivity contribution in [3.8, 4) is 11.9 Å². The van der Waals surface area contributed by atoms with Gasteiger partial charge in [-0.25, -0.2) is 0 Å². The monoisotopic (exact) mass is 354 g/mol. The first kappa shape index (κ1) is 18.9. The van der Waals surface area contributed by atoms with E-state index in [1.807, 2.05) is 19.9 Å². The maximum absolute atomic E-state index is 12.4. The molecule has 2 aromatic rings. The second-order valence-corrected chi connectivity index (χ2v) is 6.19. The Labute approximate surface area is 149 Å². The third-order valence-electron chi connectivity index (χ3n) is 3.80. The van der Waals surface area contributed by atoms with Gasteiger partial charge < -0.3 is 5.11 Å². The van der Waals surface area contributed by atoms with Gasteiger partial charge in [-0.05, 0) is 30.5 Å². The molecule has 0 fully saturated rings. The van der Waals surface area contributed by atoms with Gasteiger partial charge >= 0.3 is 0 Å². The van der Waals surface area contributed by atoms with Crippen LogP contribution in [-0.4, -0.2) is 20.8 Å². The number of aromatic hydroxyl groups is 1. The summed E-state index contributed by atoms with van der Waals surface area (Å²) in [4.78, 5) is 26.7. The highest BCUT2D eigenvalue weighted by Crippen LogP contribution is 2.23. The normalized spacial score (nSPS) is 11.0. The highest BCUT2D eigenvalue weighted by molar-refractivity contribution is 5.87. The third kappa shape index (κ3) is 3.78. The Hall–Kier alpha value is -3.47. The number of nitro groups is 1. The minimum atomic E-state index is -0.538. The van der Waals surface area contributed by atoms with E-state index in [1.165, 1.54) is 30.5 Å². The van der Waals surface area contributed by atoms with E-state index in [2.05, 4.69) is 4.99 Å². The summed E-state index contributed by atoms with van der Waals surface area (Å²) >= 11 is 0. The van der Waals surface area contributed by atoms with Gasteiger partial charge in [-0.1, -0.05) is 13.8 Å². The first-order valence-corrected chi connectivity index (χ1v) is 7.91. The average molecular weight is 354 g/mol. The predicted molar refractivity (Wildman–Crippen MR) is 97.0 cm³/mol. The van der Waals surface area contributed by atoms with Crippen molar-refractivity contribution >= 4 is 17.6 Å². The van der Waals surface area contributed by atoms with Gasteiger partial charge in [0.15, 0.2) is 0 Å². The molecule has 1 aromatic heterocycles. The number of hydrogen-bond donors (Lipinski definition) is 1. The first-order valence-electron chi connectivity index (χ1n) is 7.91. The van der Waals surface area contributed by atoms with Crippen LogP contribution in [-0.2, 0) is 6.54 Å². The van der Waals surface area contributed by atoms with Crippen LogP contribution in [0.5, 0.6) is 5.88 Å².